The fraction of sp³-hybridized carbons (Fsp3) is 0.500. The van der Waals surface area contributed by atoms with E-state index >= 15 is 0 Å². The van der Waals surface area contributed by atoms with Gasteiger partial charge in [0, 0.05) is 31.3 Å². The molecule has 0 saturated heterocycles. The van der Waals surface area contributed by atoms with Gasteiger partial charge in [-0.2, -0.15) is 0 Å². The van der Waals surface area contributed by atoms with E-state index in [2.05, 4.69) is 25.8 Å². The Balaban J connectivity index is 1.40. The van der Waals surface area contributed by atoms with Crippen LogP contribution < -0.4 is 10.6 Å². The zero-order valence-electron chi connectivity index (χ0n) is 13.0. The van der Waals surface area contributed by atoms with E-state index < -0.39 is 0 Å². The number of urea groups is 1. The van der Waals surface area contributed by atoms with E-state index in [-0.39, 0.29) is 6.03 Å². The lowest BCUT2D eigenvalue weighted by Crippen LogP contribution is -2.30. The second-order valence-electron chi connectivity index (χ2n) is 5.81. The number of nitrogens with one attached hydrogen (secondary N) is 2. The molecule has 0 unspecified atom stereocenters. The monoisotopic (exact) mass is 331 g/mol. The second kappa shape index (κ2) is 8.01. The molecule has 2 N–H and O–H groups in total. The van der Waals surface area contributed by atoms with E-state index in [1.807, 2.05) is 18.2 Å². The number of rotatable bonds is 6. The summed E-state index contributed by atoms with van der Waals surface area (Å²) in [4.78, 5) is 16.1. The van der Waals surface area contributed by atoms with Gasteiger partial charge in [0.1, 0.15) is 5.01 Å². The first kappa shape index (κ1) is 15.9. The maximum absolute atomic E-state index is 11.9. The summed E-state index contributed by atoms with van der Waals surface area (Å²) in [5.74, 6) is 0.739. The number of carbonyl (C=O) groups excluding carboxylic acids is 1. The molecule has 1 aliphatic rings. The predicted molar refractivity (Wildman–Crippen MR) is 90.5 cm³/mol. The molecule has 0 bridgehead atoms. The average Bonchev–Trinajstić information content (AvgIpc) is 3.21. The first-order valence-corrected chi connectivity index (χ1v) is 8.88. The minimum atomic E-state index is -0.246. The molecule has 7 heteroatoms. The van der Waals surface area contributed by atoms with Crippen molar-refractivity contribution >= 4 is 22.5 Å². The second-order valence-corrected chi connectivity index (χ2v) is 6.87. The van der Waals surface area contributed by atoms with Crippen molar-refractivity contribution in [1.82, 2.24) is 20.5 Å². The number of aromatic nitrogens is 3. The van der Waals surface area contributed by atoms with Gasteiger partial charge in [-0.3, -0.25) is 10.3 Å². The SMILES string of the molecule is O=C(NCCc1ccccn1)Nc1nnc(CC2CCCC2)s1. The van der Waals surface area contributed by atoms with Crippen molar-refractivity contribution < 1.29 is 4.79 Å². The van der Waals surface area contributed by atoms with E-state index in [1.165, 1.54) is 37.0 Å². The third-order valence-electron chi connectivity index (χ3n) is 4.02. The Labute approximate surface area is 139 Å². The molecule has 23 heavy (non-hydrogen) atoms. The Morgan fingerprint density at radius 3 is 2.91 bits per heavy atom. The third kappa shape index (κ3) is 4.99. The van der Waals surface area contributed by atoms with Gasteiger partial charge in [0.15, 0.2) is 0 Å². The molecule has 2 aromatic rings. The van der Waals surface area contributed by atoms with Gasteiger partial charge >= 0.3 is 6.03 Å². The highest BCUT2D eigenvalue weighted by atomic mass is 32.1. The van der Waals surface area contributed by atoms with Crippen molar-refractivity contribution in [2.24, 2.45) is 5.92 Å². The molecule has 0 spiro atoms. The summed E-state index contributed by atoms with van der Waals surface area (Å²) in [5.41, 5.74) is 0.961. The molecule has 2 heterocycles. The Morgan fingerprint density at radius 1 is 1.26 bits per heavy atom. The summed E-state index contributed by atoms with van der Waals surface area (Å²) in [5, 5.41) is 15.4. The van der Waals surface area contributed by atoms with Crippen molar-refractivity contribution in [3.8, 4) is 0 Å². The molecule has 122 valence electrons. The van der Waals surface area contributed by atoms with Gasteiger partial charge in [-0.05, 0) is 18.1 Å². The highest BCUT2D eigenvalue weighted by Gasteiger charge is 2.18. The molecule has 1 saturated carbocycles. The van der Waals surface area contributed by atoms with Crippen LogP contribution in [0.2, 0.25) is 0 Å². The van der Waals surface area contributed by atoms with Crippen LogP contribution in [0.3, 0.4) is 0 Å². The molecule has 1 aliphatic carbocycles. The summed E-state index contributed by atoms with van der Waals surface area (Å²) < 4.78 is 0. The number of anilines is 1. The average molecular weight is 331 g/mol. The maximum Gasteiger partial charge on any atom is 0.321 e. The molecule has 1 fully saturated rings. The fourth-order valence-corrected chi connectivity index (χ4v) is 3.69. The van der Waals surface area contributed by atoms with Crippen LogP contribution in [-0.4, -0.2) is 27.8 Å². The van der Waals surface area contributed by atoms with Crippen LogP contribution in [0.15, 0.2) is 24.4 Å². The Kier molecular flexibility index (Phi) is 5.52. The van der Waals surface area contributed by atoms with Crippen molar-refractivity contribution in [3.63, 3.8) is 0 Å². The number of carbonyl (C=O) groups is 1. The Bertz CT molecular complexity index is 624. The van der Waals surface area contributed by atoms with Gasteiger partial charge in [0.05, 0.1) is 0 Å². The number of hydrogen-bond acceptors (Lipinski definition) is 5. The van der Waals surface area contributed by atoms with Gasteiger partial charge in [0.25, 0.3) is 0 Å². The standard InChI is InChI=1S/C16H21N5OS/c22-15(18-10-8-13-7-3-4-9-17-13)19-16-21-20-14(23-16)11-12-5-1-2-6-12/h3-4,7,9,12H,1-2,5-6,8,10-11H2,(H2,18,19,21,22). The molecule has 2 aromatic heterocycles. The van der Waals surface area contributed by atoms with E-state index in [9.17, 15) is 4.79 Å². The summed E-state index contributed by atoms with van der Waals surface area (Å²) in [7, 11) is 0. The van der Waals surface area contributed by atoms with E-state index in [0.29, 0.717) is 18.1 Å². The van der Waals surface area contributed by atoms with Crippen molar-refractivity contribution in [2.45, 2.75) is 38.5 Å². The quantitative estimate of drug-likeness (QED) is 0.852. The smallest absolute Gasteiger partial charge is 0.321 e. The molecule has 3 rings (SSSR count). The molecular weight excluding hydrogens is 310 g/mol. The molecule has 0 radical (unpaired) electrons. The predicted octanol–water partition coefficient (Wildman–Crippen LogP) is 3.03. The van der Waals surface area contributed by atoms with E-state index in [4.69, 9.17) is 0 Å². The van der Waals surface area contributed by atoms with Gasteiger partial charge in [-0.15, -0.1) is 10.2 Å². The minimum absolute atomic E-state index is 0.246. The van der Waals surface area contributed by atoms with E-state index in [1.54, 1.807) is 6.20 Å². The number of amides is 2. The first-order chi connectivity index (χ1) is 11.3. The van der Waals surface area contributed by atoms with Crippen LogP contribution in [0.25, 0.3) is 0 Å². The summed E-state index contributed by atoms with van der Waals surface area (Å²) in [6.07, 6.45) is 8.67. The van der Waals surface area contributed by atoms with Crippen LogP contribution in [-0.2, 0) is 12.8 Å². The van der Waals surface area contributed by atoms with Crippen LogP contribution in [0, 0.1) is 5.92 Å². The van der Waals surface area contributed by atoms with Crippen molar-refractivity contribution in [3.05, 3.63) is 35.1 Å². The van der Waals surface area contributed by atoms with Crippen LogP contribution in [0.1, 0.15) is 36.4 Å². The van der Waals surface area contributed by atoms with Crippen LogP contribution in [0.4, 0.5) is 9.93 Å². The van der Waals surface area contributed by atoms with Gasteiger partial charge in [-0.1, -0.05) is 43.1 Å². The highest BCUT2D eigenvalue weighted by Crippen LogP contribution is 2.29. The normalized spacial score (nSPS) is 14.8. The largest absolute Gasteiger partial charge is 0.337 e. The summed E-state index contributed by atoms with van der Waals surface area (Å²) >= 11 is 1.47. The lowest BCUT2D eigenvalue weighted by atomic mass is 10.1. The zero-order chi connectivity index (χ0) is 15.9. The molecular formula is C16H21N5OS. The fourth-order valence-electron chi connectivity index (χ4n) is 2.84. The summed E-state index contributed by atoms with van der Waals surface area (Å²) in [6, 6.07) is 5.52. The van der Waals surface area contributed by atoms with Gasteiger partial charge in [-0.25, -0.2) is 4.79 Å². The van der Waals surface area contributed by atoms with Crippen LogP contribution in [0.5, 0.6) is 0 Å². The maximum atomic E-state index is 11.9. The molecule has 2 amide bonds. The van der Waals surface area contributed by atoms with Crippen molar-refractivity contribution in [2.75, 3.05) is 11.9 Å². The summed E-state index contributed by atoms with van der Waals surface area (Å²) in [6.45, 7) is 0.538. The molecule has 0 atom stereocenters. The topological polar surface area (TPSA) is 79.8 Å². The minimum Gasteiger partial charge on any atom is -0.337 e. The van der Waals surface area contributed by atoms with Gasteiger partial charge < -0.3 is 5.32 Å². The Hall–Kier alpha value is -2.02. The highest BCUT2D eigenvalue weighted by molar-refractivity contribution is 7.15. The Morgan fingerprint density at radius 2 is 2.13 bits per heavy atom. The van der Waals surface area contributed by atoms with Crippen LogP contribution >= 0.6 is 11.3 Å². The zero-order valence-corrected chi connectivity index (χ0v) is 13.8. The lowest BCUT2D eigenvalue weighted by Gasteiger charge is -2.05. The van der Waals surface area contributed by atoms with Gasteiger partial charge in [0.2, 0.25) is 5.13 Å². The van der Waals surface area contributed by atoms with Crippen molar-refractivity contribution in [1.29, 1.82) is 0 Å². The molecule has 0 aromatic carbocycles. The number of nitrogens with zero attached hydrogens (tertiary/aromatic N) is 3. The number of hydrogen-bond donors (Lipinski definition) is 2. The third-order valence-corrected chi connectivity index (χ3v) is 4.88. The number of pyridine rings is 1. The molecule has 6 nitrogen and oxygen atoms in total. The molecule has 0 aliphatic heterocycles. The lowest BCUT2D eigenvalue weighted by molar-refractivity contribution is 0.252. The van der Waals surface area contributed by atoms with E-state index in [0.717, 1.165) is 23.0 Å². The first-order valence-electron chi connectivity index (χ1n) is 8.07.